The number of benzene rings is 1. The first-order valence-corrected chi connectivity index (χ1v) is 9.00. The first-order valence-electron chi connectivity index (χ1n) is 7.07. The van der Waals surface area contributed by atoms with Crippen LogP contribution < -0.4 is 0 Å². The number of carbonyl (C=O) groups is 1. The summed E-state index contributed by atoms with van der Waals surface area (Å²) < 4.78 is 1.89. The van der Waals surface area contributed by atoms with E-state index in [9.17, 15) is 4.79 Å². The number of hydrogen-bond acceptors (Lipinski definition) is 5. The van der Waals surface area contributed by atoms with Gasteiger partial charge in [-0.25, -0.2) is 0 Å². The van der Waals surface area contributed by atoms with Crippen LogP contribution in [-0.2, 0) is 11.3 Å². The molecule has 1 aromatic carbocycles. The van der Waals surface area contributed by atoms with Crippen molar-refractivity contribution in [2.75, 3.05) is 12.8 Å². The third-order valence-electron chi connectivity index (χ3n) is 3.30. The Morgan fingerprint density at radius 3 is 2.87 bits per heavy atom. The molecule has 0 aliphatic carbocycles. The molecule has 0 unspecified atom stereocenters. The van der Waals surface area contributed by atoms with Gasteiger partial charge in [-0.2, -0.15) is 11.3 Å². The van der Waals surface area contributed by atoms with Crippen LogP contribution in [0, 0.1) is 0 Å². The highest BCUT2D eigenvalue weighted by Crippen LogP contribution is 2.20. The molecule has 0 atom stereocenters. The molecule has 0 aliphatic heterocycles. The van der Waals surface area contributed by atoms with E-state index >= 15 is 0 Å². The van der Waals surface area contributed by atoms with Crippen LogP contribution in [0.4, 0.5) is 0 Å². The number of thiophene rings is 1. The van der Waals surface area contributed by atoms with Crippen molar-refractivity contribution in [3.63, 3.8) is 0 Å². The van der Waals surface area contributed by atoms with Crippen LogP contribution in [-0.4, -0.2) is 38.4 Å². The monoisotopic (exact) mass is 344 g/mol. The summed E-state index contributed by atoms with van der Waals surface area (Å²) in [6, 6.07) is 11.9. The van der Waals surface area contributed by atoms with Gasteiger partial charge in [0, 0.05) is 19.3 Å². The smallest absolute Gasteiger partial charge is 0.233 e. The molecule has 0 saturated heterocycles. The fourth-order valence-electron chi connectivity index (χ4n) is 2.07. The van der Waals surface area contributed by atoms with Crippen molar-refractivity contribution < 1.29 is 4.79 Å². The number of aromatic nitrogens is 3. The fraction of sp³-hybridized carbons (Fsp3) is 0.188. The van der Waals surface area contributed by atoms with Gasteiger partial charge in [0.2, 0.25) is 5.91 Å². The zero-order valence-electron chi connectivity index (χ0n) is 12.6. The van der Waals surface area contributed by atoms with Crippen LogP contribution in [0.25, 0.3) is 5.69 Å². The molecule has 2 heterocycles. The minimum absolute atomic E-state index is 0.0730. The van der Waals surface area contributed by atoms with Gasteiger partial charge in [-0.3, -0.25) is 9.36 Å². The van der Waals surface area contributed by atoms with Crippen molar-refractivity contribution in [2.24, 2.45) is 0 Å². The molecule has 3 rings (SSSR count). The molecule has 3 aromatic rings. The Labute approximate surface area is 143 Å². The number of amides is 1. The standard InChI is InChI=1S/C16H16N4OS2/c1-19(9-13-7-8-22-10-13)15(21)11-23-16-18-17-12-20(16)14-5-3-2-4-6-14/h2-8,10,12H,9,11H2,1H3. The summed E-state index contributed by atoms with van der Waals surface area (Å²) in [5.41, 5.74) is 2.14. The molecule has 0 fully saturated rings. The van der Waals surface area contributed by atoms with Crippen LogP contribution in [0.15, 0.2) is 58.6 Å². The number of hydrogen-bond donors (Lipinski definition) is 0. The van der Waals surface area contributed by atoms with Crippen molar-refractivity contribution in [3.05, 3.63) is 59.0 Å². The van der Waals surface area contributed by atoms with Crippen molar-refractivity contribution >= 4 is 29.0 Å². The lowest BCUT2D eigenvalue weighted by Crippen LogP contribution is -2.27. The molecule has 1 amide bonds. The molecule has 0 saturated carbocycles. The highest BCUT2D eigenvalue weighted by Gasteiger charge is 2.13. The van der Waals surface area contributed by atoms with Crippen molar-refractivity contribution in [2.45, 2.75) is 11.7 Å². The number of nitrogens with zero attached hydrogens (tertiary/aromatic N) is 4. The Balaban J connectivity index is 1.60. The van der Waals surface area contributed by atoms with E-state index in [2.05, 4.69) is 15.6 Å². The molecule has 0 radical (unpaired) electrons. The Kier molecular flexibility index (Phi) is 5.09. The molecule has 0 spiro atoms. The van der Waals surface area contributed by atoms with Gasteiger partial charge in [-0.15, -0.1) is 10.2 Å². The lowest BCUT2D eigenvalue weighted by Gasteiger charge is -2.16. The molecule has 23 heavy (non-hydrogen) atoms. The van der Waals surface area contributed by atoms with Gasteiger partial charge in [0.25, 0.3) is 0 Å². The summed E-state index contributed by atoms with van der Waals surface area (Å²) in [7, 11) is 1.82. The fourth-order valence-corrected chi connectivity index (χ4v) is 3.60. The number of thioether (sulfide) groups is 1. The Hall–Kier alpha value is -2.12. The van der Waals surface area contributed by atoms with E-state index in [-0.39, 0.29) is 5.91 Å². The summed E-state index contributed by atoms with van der Waals surface area (Å²) in [4.78, 5) is 14.0. The predicted octanol–water partition coefficient (Wildman–Crippen LogP) is 3.08. The average Bonchev–Trinajstić information content (AvgIpc) is 3.24. The normalized spacial score (nSPS) is 10.7. The van der Waals surface area contributed by atoms with Crippen LogP contribution in [0.3, 0.4) is 0 Å². The zero-order chi connectivity index (χ0) is 16.1. The summed E-state index contributed by atoms with van der Waals surface area (Å²) in [5, 5.41) is 12.9. The first-order chi connectivity index (χ1) is 11.2. The van der Waals surface area contributed by atoms with E-state index in [4.69, 9.17) is 0 Å². The second kappa shape index (κ2) is 7.43. The van der Waals surface area contributed by atoms with E-state index < -0.39 is 0 Å². The molecule has 7 heteroatoms. The number of carbonyl (C=O) groups excluding carboxylic acids is 1. The van der Waals surface area contributed by atoms with E-state index in [1.54, 1.807) is 22.6 Å². The van der Waals surface area contributed by atoms with Crippen molar-refractivity contribution in [3.8, 4) is 5.69 Å². The third kappa shape index (κ3) is 4.00. The molecule has 0 aliphatic rings. The van der Waals surface area contributed by atoms with E-state index in [1.165, 1.54) is 11.8 Å². The highest BCUT2D eigenvalue weighted by molar-refractivity contribution is 7.99. The highest BCUT2D eigenvalue weighted by atomic mass is 32.2. The number of para-hydroxylation sites is 1. The van der Waals surface area contributed by atoms with Crippen molar-refractivity contribution in [1.29, 1.82) is 0 Å². The first kappa shape index (κ1) is 15.8. The second-order valence-corrected chi connectivity index (χ2v) is 6.71. The van der Waals surface area contributed by atoms with Gasteiger partial charge < -0.3 is 4.90 Å². The molecule has 2 aromatic heterocycles. The maximum absolute atomic E-state index is 12.3. The second-order valence-electron chi connectivity index (χ2n) is 4.99. The van der Waals surface area contributed by atoms with Gasteiger partial charge in [0.05, 0.1) is 5.75 Å². The van der Waals surface area contributed by atoms with E-state index in [0.29, 0.717) is 17.5 Å². The minimum atomic E-state index is 0.0730. The Morgan fingerprint density at radius 2 is 2.13 bits per heavy atom. The average molecular weight is 344 g/mol. The summed E-state index contributed by atoms with van der Waals surface area (Å²) in [6.45, 7) is 0.633. The largest absolute Gasteiger partial charge is 0.341 e. The lowest BCUT2D eigenvalue weighted by molar-refractivity contribution is -0.127. The summed E-state index contributed by atoms with van der Waals surface area (Å²) in [5.74, 6) is 0.412. The topological polar surface area (TPSA) is 51.0 Å². The van der Waals surface area contributed by atoms with E-state index in [1.807, 2.05) is 53.4 Å². The van der Waals surface area contributed by atoms with Gasteiger partial charge >= 0.3 is 0 Å². The van der Waals surface area contributed by atoms with Crippen LogP contribution in [0.2, 0.25) is 0 Å². The van der Waals surface area contributed by atoms with E-state index in [0.717, 1.165) is 11.3 Å². The zero-order valence-corrected chi connectivity index (χ0v) is 14.3. The molecule has 0 N–H and O–H groups in total. The molecule has 5 nitrogen and oxygen atoms in total. The molecular weight excluding hydrogens is 328 g/mol. The number of rotatable bonds is 6. The van der Waals surface area contributed by atoms with Gasteiger partial charge in [-0.1, -0.05) is 30.0 Å². The Bertz CT molecular complexity index is 756. The van der Waals surface area contributed by atoms with Crippen LogP contribution in [0.1, 0.15) is 5.56 Å². The quantitative estimate of drug-likeness (QED) is 0.645. The Morgan fingerprint density at radius 1 is 1.30 bits per heavy atom. The maximum Gasteiger partial charge on any atom is 0.233 e. The molecular formula is C16H16N4OS2. The summed E-state index contributed by atoms with van der Waals surface area (Å²) in [6.07, 6.45) is 1.66. The van der Waals surface area contributed by atoms with Gasteiger partial charge in [0.1, 0.15) is 6.33 Å². The van der Waals surface area contributed by atoms with Crippen LogP contribution in [0.5, 0.6) is 0 Å². The van der Waals surface area contributed by atoms with Gasteiger partial charge in [0.15, 0.2) is 5.16 Å². The third-order valence-corrected chi connectivity index (χ3v) is 4.96. The lowest BCUT2D eigenvalue weighted by atomic mass is 10.3. The minimum Gasteiger partial charge on any atom is -0.341 e. The predicted molar refractivity (Wildman–Crippen MR) is 92.9 cm³/mol. The molecule has 118 valence electrons. The maximum atomic E-state index is 12.3. The van der Waals surface area contributed by atoms with Crippen molar-refractivity contribution in [1.82, 2.24) is 19.7 Å². The molecule has 0 bridgehead atoms. The van der Waals surface area contributed by atoms with Crippen LogP contribution >= 0.6 is 23.1 Å². The van der Waals surface area contributed by atoms with Gasteiger partial charge in [-0.05, 0) is 34.5 Å². The SMILES string of the molecule is CN(Cc1ccsc1)C(=O)CSc1nncn1-c1ccccc1. The summed E-state index contributed by atoms with van der Waals surface area (Å²) >= 11 is 3.04.